The molecule has 0 aliphatic rings. The second kappa shape index (κ2) is 7.10. The van der Waals surface area contributed by atoms with Crippen molar-refractivity contribution in [3.63, 3.8) is 0 Å². The zero-order valence-corrected chi connectivity index (χ0v) is 14.0. The van der Waals surface area contributed by atoms with E-state index in [-0.39, 0.29) is 5.78 Å². The second-order valence-corrected chi connectivity index (χ2v) is 6.82. The number of thiophene rings is 1. The molecule has 0 bridgehead atoms. The zero-order chi connectivity index (χ0) is 15.4. The second-order valence-electron chi connectivity index (χ2n) is 5.11. The van der Waals surface area contributed by atoms with Gasteiger partial charge in [-0.2, -0.15) is 0 Å². The van der Waals surface area contributed by atoms with Crippen LogP contribution >= 0.6 is 22.9 Å². The van der Waals surface area contributed by atoms with E-state index in [4.69, 9.17) is 16.3 Å². The highest BCUT2D eigenvalue weighted by Crippen LogP contribution is 2.25. The predicted molar refractivity (Wildman–Crippen MR) is 88.9 cm³/mol. The predicted octanol–water partition coefficient (Wildman–Crippen LogP) is 5.57. The molecule has 112 valence electrons. The number of ether oxygens (including phenoxy) is 1. The minimum absolute atomic E-state index is 0.0436. The quantitative estimate of drug-likeness (QED) is 0.650. The van der Waals surface area contributed by atoms with Crippen molar-refractivity contribution in [1.82, 2.24) is 0 Å². The van der Waals surface area contributed by atoms with Crippen LogP contribution in [0.5, 0.6) is 5.75 Å². The molecule has 4 heteroatoms. The van der Waals surface area contributed by atoms with Gasteiger partial charge in [0.15, 0.2) is 6.10 Å². The van der Waals surface area contributed by atoms with Gasteiger partial charge in [0.05, 0.1) is 9.21 Å². The van der Waals surface area contributed by atoms with E-state index in [1.165, 1.54) is 16.9 Å². The van der Waals surface area contributed by atoms with Crippen molar-refractivity contribution in [2.45, 2.75) is 39.2 Å². The minimum Gasteiger partial charge on any atom is -0.483 e. The summed E-state index contributed by atoms with van der Waals surface area (Å²) in [7, 11) is 0. The summed E-state index contributed by atoms with van der Waals surface area (Å²) in [6, 6.07) is 11.4. The van der Waals surface area contributed by atoms with Crippen molar-refractivity contribution >= 4 is 28.7 Å². The van der Waals surface area contributed by atoms with Crippen LogP contribution in [-0.4, -0.2) is 11.9 Å². The number of halogens is 1. The Bertz CT molecular complexity index is 604. The third-order valence-electron chi connectivity index (χ3n) is 3.56. The van der Waals surface area contributed by atoms with Crippen LogP contribution in [0, 0.1) is 0 Å². The van der Waals surface area contributed by atoms with Gasteiger partial charge in [-0.05, 0) is 49.1 Å². The normalized spacial score (nSPS) is 13.7. The number of benzene rings is 1. The Hall–Kier alpha value is -1.32. The number of Topliss-reactive ketones (excluding diaryl/α,β-unsaturated/α-hetero) is 1. The number of hydrogen-bond donors (Lipinski definition) is 0. The van der Waals surface area contributed by atoms with Gasteiger partial charge in [-0.15, -0.1) is 11.3 Å². The van der Waals surface area contributed by atoms with Crippen LogP contribution in [-0.2, 0) is 0 Å². The summed E-state index contributed by atoms with van der Waals surface area (Å²) in [6.45, 7) is 6.13. The van der Waals surface area contributed by atoms with E-state index in [9.17, 15) is 4.79 Å². The molecule has 21 heavy (non-hydrogen) atoms. The van der Waals surface area contributed by atoms with Crippen molar-refractivity contribution in [3.05, 3.63) is 51.2 Å². The van der Waals surface area contributed by atoms with Crippen molar-refractivity contribution in [3.8, 4) is 5.75 Å². The molecule has 2 unspecified atom stereocenters. The molecule has 2 rings (SSSR count). The minimum atomic E-state index is -0.519. The molecule has 1 aromatic carbocycles. The fourth-order valence-corrected chi connectivity index (χ4v) is 3.08. The van der Waals surface area contributed by atoms with Gasteiger partial charge in [-0.3, -0.25) is 4.79 Å². The number of carbonyl (C=O) groups excluding carboxylic acids is 1. The van der Waals surface area contributed by atoms with E-state index in [2.05, 4.69) is 26.0 Å². The van der Waals surface area contributed by atoms with Gasteiger partial charge in [-0.1, -0.05) is 37.6 Å². The zero-order valence-electron chi connectivity index (χ0n) is 12.4. The third kappa shape index (κ3) is 4.08. The molecule has 0 amide bonds. The number of hydrogen-bond acceptors (Lipinski definition) is 3. The third-order valence-corrected chi connectivity index (χ3v) is 4.81. The summed E-state index contributed by atoms with van der Waals surface area (Å²) < 4.78 is 6.34. The molecule has 2 nitrogen and oxygen atoms in total. The summed E-state index contributed by atoms with van der Waals surface area (Å²) in [4.78, 5) is 12.8. The molecular formula is C17H19ClO2S. The highest BCUT2D eigenvalue weighted by Gasteiger charge is 2.18. The SMILES string of the molecule is CCC(C)c1ccc(OC(C)C(=O)c2ccc(Cl)s2)cc1. The Morgan fingerprint density at radius 2 is 1.86 bits per heavy atom. The number of carbonyl (C=O) groups is 1. The van der Waals surface area contributed by atoms with Crippen LogP contribution in [0.25, 0.3) is 0 Å². The molecule has 0 fully saturated rings. The van der Waals surface area contributed by atoms with Crippen LogP contribution in [0.15, 0.2) is 36.4 Å². The molecular weight excluding hydrogens is 304 g/mol. The Labute approximate surface area is 134 Å². The highest BCUT2D eigenvalue weighted by molar-refractivity contribution is 7.18. The maximum atomic E-state index is 12.2. The Morgan fingerprint density at radius 1 is 1.19 bits per heavy atom. The smallest absolute Gasteiger partial charge is 0.212 e. The van der Waals surface area contributed by atoms with Gasteiger partial charge < -0.3 is 4.74 Å². The lowest BCUT2D eigenvalue weighted by Crippen LogP contribution is -2.23. The molecule has 0 saturated heterocycles. The first-order chi connectivity index (χ1) is 10.0. The van der Waals surface area contributed by atoms with Gasteiger partial charge in [0.2, 0.25) is 5.78 Å². The lowest BCUT2D eigenvalue weighted by Gasteiger charge is -2.14. The van der Waals surface area contributed by atoms with Gasteiger partial charge >= 0.3 is 0 Å². The molecule has 0 aliphatic carbocycles. The molecule has 1 heterocycles. The van der Waals surface area contributed by atoms with E-state index >= 15 is 0 Å². The van der Waals surface area contributed by atoms with Gasteiger partial charge in [0, 0.05) is 0 Å². The van der Waals surface area contributed by atoms with E-state index in [0.717, 1.165) is 6.42 Å². The van der Waals surface area contributed by atoms with Crippen molar-refractivity contribution < 1.29 is 9.53 Å². The van der Waals surface area contributed by atoms with Crippen LogP contribution in [0.4, 0.5) is 0 Å². The van der Waals surface area contributed by atoms with Crippen LogP contribution < -0.4 is 4.74 Å². The topological polar surface area (TPSA) is 26.3 Å². The van der Waals surface area contributed by atoms with E-state index in [0.29, 0.717) is 20.9 Å². The van der Waals surface area contributed by atoms with E-state index in [1.807, 2.05) is 12.1 Å². The van der Waals surface area contributed by atoms with Crippen LogP contribution in [0.1, 0.15) is 48.3 Å². The summed E-state index contributed by atoms with van der Waals surface area (Å²) in [5, 5.41) is 0. The maximum absolute atomic E-state index is 12.2. The average molecular weight is 323 g/mol. The first kappa shape index (κ1) is 16.1. The molecule has 0 radical (unpaired) electrons. The summed E-state index contributed by atoms with van der Waals surface area (Å²) in [6.07, 6.45) is 0.586. The van der Waals surface area contributed by atoms with Crippen LogP contribution in [0.3, 0.4) is 0 Å². The van der Waals surface area contributed by atoms with Crippen LogP contribution in [0.2, 0.25) is 4.34 Å². The first-order valence-corrected chi connectivity index (χ1v) is 8.27. The molecule has 1 aromatic heterocycles. The summed E-state index contributed by atoms with van der Waals surface area (Å²) >= 11 is 7.14. The Morgan fingerprint density at radius 3 is 2.38 bits per heavy atom. The van der Waals surface area contributed by atoms with Crippen molar-refractivity contribution in [1.29, 1.82) is 0 Å². The van der Waals surface area contributed by atoms with Crippen molar-refractivity contribution in [2.24, 2.45) is 0 Å². The highest BCUT2D eigenvalue weighted by atomic mass is 35.5. The lowest BCUT2D eigenvalue weighted by atomic mass is 9.99. The summed E-state index contributed by atoms with van der Waals surface area (Å²) in [5.74, 6) is 1.20. The largest absolute Gasteiger partial charge is 0.483 e. The van der Waals surface area contributed by atoms with Gasteiger partial charge in [-0.25, -0.2) is 0 Å². The van der Waals surface area contributed by atoms with Crippen molar-refractivity contribution in [2.75, 3.05) is 0 Å². The molecule has 0 spiro atoms. The maximum Gasteiger partial charge on any atom is 0.212 e. The Balaban J connectivity index is 2.02. The standard InChI is InChI=1S/C17H19ClO2S/c1-4-11(2)13-5-7-14(8-6-13)20-12(3)17(19)15-9-10-16(18)21-15/h5-12H,4H2,1-3H3. The fourth-order valence-electron chi connectivity index (χ4n) is 2.02. The molecule has 2 atom stereocenters. The fraction of sp³-hybridized carbons (Fsp3) is 0.353. The number of rotatable bonds is 6. The molecule has 0 N–H and O–H groups in total. The first-order valence-electron chi connectivity index (χ1n) is 7.07. The molecule has 2 aromatic rings. The lowest BCUT2D eigenvalue weighted by molar-refractivity contribution is 0.0822. The molecule has 0 aliphatic heterocycles. The monoisotopic (exact) mass is 322 g/mol. The van der Waals surface area contributed by atoms with E-state index in [1.54, 1.807) is 19.1 Å². The Kier molecular flexibility index (Phi) is 5.43. The van der Waals surface area contributed by atoms with Gasteiger partial charge in [0.25, 0.3) is 0 Å². The number of ketones is 1. The average Bonchev–Trinajstić information content (AvgIpc) is 2.93. The summed E-state index contributed by atoms with van der Waals surface area (Å²) in [5.41, 5.74) is 1.29. The van der Waals surface area contributed by atoms with Gasteiger partial charge in [0.1, 0.15) is 5.75 Å². The van der Waals surface area contributed by atoms with E-state index < -0.39 is 6.10 Å². The molecule has 0 saturated carbocycles.